The van der Waals surface area contributed by atoms with E-state index in [1.165, 1.54) is 0 Å². The summed E-state index contributed by atoms with van der Waals surface area (Å²) in [6.07, 6.45) is -0.106. The largest absolute Gasteiger partial charge is 0.481 e. The molecular weight excluding hydrogens is 372 g/mol. The topological polar surface area (TPSA) is 49.9 Å². The van der Waals surface area contributed by atoms with Gasteiger partial charge in [0.25, 0.3) is 5.91 Å². The summed E-state index contributed by atoms with van der Waals surface area (Å²) in [5.41, 5.74) is 1.10. The molecule has 0 spiro atoms. The molecule has 2 aromatic rings. The quantitative estimate of drug-likeness (QED) is 0.745. The Morgan fingerprint density at radius 3 is 2.32 bits per heavy atom. The van der Waals surface area contributed by atoms with Crippen LogP contribution in [-0.2, 0) is 16.0 Å². The standard InChI is InChI=1S/C22H28N2O3S/c1-16(2)19-8-4-5-9-20(19)27-17(3)22(26)24-12-10-23(11-13-24)21(25)15-18-7-6-14-28-18/h4-9,14,16-17H,10-13,15H2,1-3H3. The van der Waals surface area contributed by atoms with Crippen molar-refractivity contribution in [2.45, 2.75) is 39.2 Å². The predicted octanol–water partition coefficient (Wildman–Crippen LogP) is 3.55. The number of carbonyl (C=O) groups excluding carboxylic acids is 2. The maximum Gasteiger partial charge on any atom is 0.263 e. The van der Waals surface area contributed by atoms with E-state index in [4.69, 9.17) is 4.74 Å². The molecule has 0 aliphatic carbocycles. The molecule has 0 N–H and O–H groups in total. The number of carbonyl (C=O) groups is 2. The number of amides is 2. The molecule has 0 radical (unpaired) electrons. The molecule has 3 rings (SSSR count). The Bertz CT molecular complexity index is 796. The van der Waals surface area contributed by atoms with Crippen LogP contribution in [0.2, 0.25) is 0 Å². The van der Waals surface area contributed by atoms with Gasteiger partial charge in [-0.25, -0.2) is 0 Å². The predicted molar refractivity (Wildman–Crippen MR) is 112 cm³/mol. The molecule has 1 fully saturated rings. The number of para-hydroxylation sites is 1. The molecule has 1 aromatic carbocycles. The summed E-state index contributed by atoms with van der Waals surface area (Å²) in [6, 6.07) is 11.8. The molecular formula is C22H28N2O3S. The highest BCUT2D eigenvalue weighted by atomic mass is 32.1. The monoisotopic (exact) mass is 400 g/mol. The second-order valence-electron chi connectivity index (χ2n) is 7.41. The van der Waals surface area contributed by atoms with Crippen molar-refractivity contribution in [1.82, 2.24) is 9.80 Å². The van der Waals surface area contributed by atoms with Gasteiger partial charge in [-0.3, -0.25) is 9.59 Å². The zero-order valence-electron chi connectivity index (χ0n) is 16.8. The maximum absolute atomic E-state index is 12.8. The second kappa shape index (κ2) is 9.24. The van der Waals surface area contributed by atoms with Crippen LogP contribution in [0.3, 0.4) is 0 Å². The van der Waals surface area contributed by atoms with Crippen LogP contribution in [0.25, 0.3) is 0 Å². The van der Waals surface area contributed by atoms with E-state index in [1.807, 2.05) is 46.7 Å². The highest BCUT2D eigenvalue weighted by Crippen LogP contribution is 2.27. The highest BCUT2D eigenvalue weighted by molar-refractivity contribution is 7.10. The molecule has 1 aliphatic heterocycles. The average molecular weight is 401 g/mol. The third kappa shape index (κ3) is 4.93. The van der Waals surface area contributed by atoms with Gasteiger partial charge in [-0.05, 0) is 35.9 Å². The smallest absolute Gasteiger partial charge is 0.263 e. The molecule has 1 aromatic heterocycles. The Hall–Kier alpha value is -2.34. The molecule has 0 bridgehead atoms. The number of benzene rings is 1. The summed E-state index contributed by atoms with van der Waals surface area (Å²) in [5, 5.41) is 1.98. The summed E-state index contributed by atoms with van der Waals surface area (Å²) in [5.74, 6) is 1.20. The SMILES string of the molecule is CC(Oc1ccccc1C(C)C)C(=O)N1CCN(C(=O)Cc2cccs2)CC1. The molecule has 5 nitrogen and oxygen atoms in total. The van der Waals surface area contributed by atoms with Crippen LogP contribution in [0, 0.1) is 0 Å². The van der Waals surface area contributed by atoms with Crippen LogP contribution in [-0.4, -0.2) is 53.9 Å². The van der Waals surface area contributed by atoms with Crippen molar-refractivity contribution in [2.24, 2.45) is 0 Å². The van der Waals surface area contributed by atoms with E-state index in [2.05, 4.69) is 13.8 Å². The van der Waals surface area contributed by atoms with Gasteiger partial charge < -0.3 is 14.5 Å². The molecule has 2 heterocycles. The number of ether oxygens (including phenoxy) is 1. The fourth-order valence-electron chi connectivity index (χ4n) is 3.41. The third-order valence-corrected chi connectivity index (χ3v) is 5.92. The van der Waals surface area contributed by atoms with E-state index in [0.29, 0.717) is 38.5 Å². The molecule has 0 saturated carbocycles. The number of thiophene rings is 1. The van der Waals surface area contributed by atoms with Crippen molar-refractivity contribution in [1.29, 1.82) is 0 Å². The van der Waals surface area contributed by atoms with E-state index in [9.17, 15) is 9.59 Å². The Morgan fingerprint density at radius 2 is 1.68 bits per heavy atom. The number of hydrogen-bond donors (Lipinski definition) is 0. The minimum atomic E-state index is -0.548. The van der Waals surface area contributed by atoms with Crippen LogP contribution in [0.15, 0.2) is 41.8 Å². The van der Waals surface area contributed by atoms with Crippen LogP contribution in [0.4, 0.5) is 0 Å². The van der Waals surface area contributed by atoms with Crippen LogP contribution >= 0.6 is 11.3 Å². The van der Waals surface area contributed by atoms with Gasteiger partial charge in [0, 0.05) is 31.1 Å². The van der Waals surface area contributed by atoms with Crippen LogP contribution in [0.5, 0.6) is 5.75 Å². The maximum atomic E-state index is 12.8. The molecule has 1 aliphatic rings. The summed E-state index contributed by atoms with van der Waals surface area (Å²) in [4.78, 5) is 30.0. The summed E-state index contributed by atoms with van der Waals surface area (Å²) in [6.45, 7) is 8.27. The zero-order valence-corrected chi connectivity index (χ0v) is 17.6. The molecule has 1 saturated heterocycles. The van der Waals surface area contributed by atoms with E-state index in [-0.39, 0.29) is 11.8 Å². The third-order valence-electron chi connectivity index (χ3n) is 5.04. The number of rotatable bonds is 6. The molecule has 1 atom stereocenters. The Labute approximate surface area is 170 Å². The molecule has 1 unspecified atom stereocenters. The van der Waals surface area contributed by atoms with Gasteiger partial charge in [-0.2, -0.15) is 0 Å². The lowest BCUT2D eigenvalue weighted by Crippen LogP contribution is -2.53. The zero-order chi connectivity index (χ0) is 20.1. The molecule has 28 heavy (non-hydrogen) atoms. The average Bonchev–Trinajstić information content (AvgIpc) is 3.20. The normalized spacial score (nSPS) is 15.6. The van der Waals surface area contributed by atoms with Gasteiger partial charge in [0.1, 0.15) is 5.75 Å². The van der Waals surface area contributed by atoms with Crippen molar-refractivity contribution in [3.8, 4) is 5.75 Å². The Morgan fingerprint density at radius 1 is 1.00 bits per heavy atom. The molecule has 2 amide bonds. The van der Waals surface area contributed by atoms with E-state index in [1.54, 1.807) is 23.2 Å². The van der Waals surface area contributed by atoms with Crippen LogP contribution < -0.4 is 4.74 Å². The minimum Gasteiger partial charge on any atom is -0.481 e. The fourth-order valence-corrected chi connectivity index (χ4v) is 4.11. The van der Waals surface area contributed by atoms with Crippen molar-refractivity contribution < 1.29 is 14.3 Å². The fraction of sp³-hybridized carbons (Fsp3) is 0.455. The van der Waals surface area contributed by atoms with Gasteiger partial charge in [0.2, 0.25) is 5.91 Å². The van der Waals surface area contributed by atoms with Crippen LogP contribution in [0.1, 0.15) is 37.1 Å². The van der Waals surface area contributed by atoms with Gasteiger partial charge in [-0.15, -0.1) is 11.3 Å². The lowest BCUT2D eigenvalue weighted by Gasteiger charge is -2.36. The number of nitrogens with zero attached hydrogens (tertiary/aromatic N) is 2. The van der Waals surface area contributed by atoms with Crippen molar-refractivity contribution in [3.05, 3.63) is 52.2 Å². The van der Waals surface area contributed by atoms with Crippen molar-refractivity contribution in [3.63, 3.8) is 0 Å². The van der Waals surface area contributed by atoms with Crippen molar-refractivity contribution >= 4 is 23.2 Å². The van der Waals surface area contributed by atoms with E-state index >= 15 is 0 Å². The van der Waals surface area contributed by atoms with E-state index in [0.717, 1.165) is 16.2 Å². The second-order valence-corrected chi connectivity index (χ2v) is 8.45. The van der Waals surface area contributed by atoms with Crippen molar-refractivity contribution in [2.75, 3.05) is 26.2 Å². The van der Waals surface area contributed by atoms with Gasteiger partial charge in [0.05, 0.1) is 6.42 Å². The number of piperazine rings is 1. The molecule has 150 valence electrons. The summed E-state index contributed by atoms with van der Waals surface area (Å²) >= 11 is 1.60. The van der Waals surface area contributed by atoms with Gasteiger partial charge in [0.15, 0.2) is 6.10 Å². The first-order valence-electron chi connectivity index (χ1n) is 9.80. The highest BCUT2D eigenvalue weighted by Gasteiger charge is 2.28. The summed E-state index contributed by atoms with van der Waals surface area (Å²) < 4.78 is 6.00. The molecule has 6 heteroatoms. The summed E-state index contributed by atoms with van der Waals surface area (Å²) in [7, 11) is 0. The first kappa shape index (κ1) is 20.4. The first-order valence-corrected chi connectivity index (χ1v) is 10.7. The van der Waals surface area contributed by atoms with Gasteiger partial charge >= 0.3 is 0 Å². The first-order chi connectivity index (χ1) is 13.5. The lowest BCUT2D eigenvalue weighted by molar-refractivity contribution is -0.143. The lowest BCUT2D eigenvalue weighted by atomic mass is 10.0. The Kier molecular flexibility index (Phi) is 6.73. The Balaban J connectivity index is 1.52. The van der Waals surface area contributed by atoms with Gasteiger partial charge in [-0.1, -0.05) is 38.1 Å². The minimum absolute atomic E-state index is 0.0242. The number of hydrogen-bond acceptors (Lipinski definition) is 4. The van der Waals surface area contributed by atoms with E-state index < -0.39 is 6.10 Å².